The number of rotatable bonds is 9. The van der Waals surface area contributed by atoms with Crippen molar-refractivity contribution in [3.05, 3.63) is 46.1 Å². The highest BCUT2D eigenvalue weighted by Gasteiger charge is 2.34. The van der Waals surface area contributed by atoms with Gasteiger partial charge in [-0.25, -0.2) is 4.79 Å². The number of ether oxygens (including phenoxy) is 2. The molecule has 0 aromatic heterocycles. The molecule has 0 saturated heterocycles. The molecule has 1 aromatic rings. The first-order chi connectivity index (χ1) is 13.3. The van der Waals surface area contributed by atoms with E-state index in [2.05, 4.69) is 10.2 Å². The Bertz CT molecular complexity index is 722. The van der Waals surface area contributed by atoms with Gasteiger partial charge in [-0.1, -0.05) is 23.7 Å². The maximum Gasteiger partial charge on any atom is 0.338 e. The summed E-state index contributed by atoms with van der Waals surface area (Å²) in [6.45, 7) is 4.11. The first-order valence-corrected chi connectivity index (χ1v) is 9.98. The van der Waals surface area contributed by atoms with Crippen LogP contribution in [0.5, 0.6) is 0 Å². The van der Waals surface area contributed by atoms with Gasteiger partial charge in [0.1, 0.15) is 6.61 Å². The lowest BCUT2D eigenvalue weighted by molar-refractivity contribution is -0.140. The molecule has 0 fully saturated rings. The normalized spacial score (nSPS) is 17.1. The van der Waals surface area contributed by atoms with E-state index in [-0.39, 0.29) is 18.6 Å². The summed E-state index contributed by atoms with van der Waals surface area (Å²) in [7, 11) is 5.64. The largest absolute Gasteiger partial charge is 0.460 e. The molecule has 28 heavy (non-hydrogen) atoms. The number of thiocarbonyl (C=S) groups is 1. The molecule has 1 aliphatic heterocycles. The Morgan fingerprint density at radius 2 is 1.96 bits per heavy atom. The molecule has 1 aromatic carbocycles. The summed E-state index contributed by atoms with van der Waals surface area (Å²) in [5.74, 6) is -0.373. The summed E-state index contributed by atoms with van der Waals surface area (Å²) in [5.41, 5.74) is 2.26. The lowest BCUT2D eigenvalue weighted by atomic mass is 9.95. The highest BCUT2D eigenvalue weighted by molar-refractivity contribution is 7.80. The van der Waals surface area contributed by atoms with E-state index >= 15 is 0 Å². The molecular weight excluding hydrogens is 398 g/mol. The van der Waals surface area contributed by atoms with E-state index in [1.54, 1.807) is 19.2 Å². The Hall–Kier alpha value is -1.67. The summed E-state index contributed by atoms with van der Waals surface area (Å²) >= 11 is 11.6. The molecule has 1 heterocycles. The molecule has 6 nitrogen and oxygen atoms in total. The average Bonchev–Trinajstić information content (AvgIpc) is 2.64. The number of allylic oxidation sites excluding steroid dienone is 1. The summed E-state index contributed by atoms with van der Waals surface area (Å²) in [5, 5.41) is 4.54. The number of methoxy groups -OCH3 is 1. The first-order valence-electron chi connectivity index (χ1n) is 9.20. The monoisotopic (exact) mass is 425 g/mol. The van der Waals surface area contributed by atoms with Crippen LogP contribution in [-0.2, 0) is 14.3 Å². The third-order valence-electron chi connectivity index (χ3n) is 4.53. The van der Waals surface area contributed by atoms with Gasteiger partial charge in [0, 0.05) is 24.4 Å². The smallest absolute Gasteiger partial charge is 0.338 e. The van der Waals surface area contributed by atoms with Crippen LogP contribution in [0.15, 0.2) is 35.5 Å². The topological polar surface area (TPSA) is 54.0 Å². The minimum atomic E-state index is -0.384. The number of nitrogens with one attached hydrogen (secondary N) is 1. The van der Waals surface area contributed by atoms with E-state index < -0.39 is 0 Å². The fraction of sp³-hybridized carbons (Fsp3) is 0.500. The molecular formula is C20H28ClN3O3S. The summed E-state index contributed by atoms with van der Waals surface area (Å²) in [6, 6.07) is 6.99. The van der Waals surface area contributed by atoms with Crippen molar-refractivity contribution in [3.8, 4) is 0 Å². The van der Waals surface area contributed by atoms with Crippen molar-refractivity contribution in [2.75, 3.05) is 47.5 Å². The third kappa shape index (κ3) is 5.91. The number of carbonyl (C=O) groups is 1. The first kappa shape index (κ1) is 22.6. The molecule has 1 aliphatic rings. The molecule has 0 unspecified atom stereocenters. The second-order valence-electron chi connectivity index (χ2n) is 6.87. The predicted molar refractivity (Wildman–Crippen MR) is 115 cm³/mol. The summed E-state index contributed by atoms with van der Waals surface area (Å²) in [6.07, 6.45) is 0.920. The maximum atomic E-state index is 12.9. The van der Waals surface area contributed by atoms with Gasteiger partial charge in [-0.05, 0) is 63.9 Å². The van der Waals surface area contributed by atoms with E-state index in [4.69, 9.17) is 33.3 Å². The van der Waals surface area contributed by atoms with E-state index in [9.17, 15) is 4.79 Å². The van der Waals surface area contributed by atoms with Gasteiger partial charge >= 0.3 is 5.97 Å². The molecule has 2 rings (SSSR count). The van der Waals surface area contributed by atoms with Gasteiger partial charge in [0.25, 0.3) is 0 Å². The molecule has 0 radical (unpaired) electrons. The zero-order valence-electron chi connectivity index (χ0n) is 16.8. The third-order valence-corrected chi connectivity index (χ3v) is 5.12. The van der Waals surface area contributed by atoms with Crippen LogP contribution >= 0.6 is 23.8 Å². The molecule has 1 atom stereocenters. The van der Waals surface area contributed by atoms with Crippen molar-refractivity contribution in [2.45, 2.75) is 19.4 Å². The van der Waals surface area contributed by atoms with Crippen molar-refractivity contribution < 1.29 is 14.3 Å². The summed E-state index contributed by atoms with van der Waals surface area (Å²) < 4.78 is 10.4. The number of hydrogen-bond acceptors (Lipinski definition) is 5. The molecule has 0 saturated carbocycles. The molecule has 0 aliphatic carbocycles. The number of nitrogens with zero attached hydrogens (tertiary/aromatic N) is 2. The Labute approximate surface area is 177 Å². The van der Waals surface area contributed by atoms with Crippen molar-refractivity contribution in [3.63, 3.8) is 0 Å². The van der Waals surface area contributed by atoms with Crippen molar-refractivity contribution >= 4 is 34.9 Å². The van der Waals surface area contributed by atoms with Gasteiger partial charge in [-0.15, -0.1) is 0 Å². The van der Waals surface area contributed by atoms with E-state index in [0.717, 1.165) is 30.8 Å². The van der Waals surface area contributed by atoms with Crippen molar-refractivity contribution in [1.82, 2.24) is 15.1 Å². The second-order valence-corrected chi connectivity index (χ2v) is 7.69. The highest BCUT2D eigenvalue weighted by Crippen LogP contribution is 2.32. The molecule has 0 spiro atoms. The van der Waals surface area contributed by atoms with Crippen molar-refractivity contribution in [1.29, 1.82) is 0 Å². The zero-order valence-corrected chi connectivity index (χ0v) is 18.4. The fourth-order valence-electron chi connectivity index (χ4n) is 3.06. The second kappa shape index (κ2) is 10.8. The van der Waals surface area contributed by atoms with Crippen LogP contribution in [0, 0.1) is 0 Å². The van der Waals surface area contributed by atoms with Crippen LogP contribution in [0.25, 0.3) is 0 Å². The zero-order chi connectivity index (χ0) is 20.7. The molecule has 0 amide bonds. The summed E-state index contributed by atoms with van der Waals surface area (Å²) in [4.78, 5) is 17.0. The van der Waals surface area contributed by atoms with E-state index in [1.165, 1.54) is 0 Å². The van der Waals surface area contributed by atoms with Gasteiger partial charge in [-0.2, -0.15) is 0 Å². The molecule has 1 N–H and O–H groups in total. The minimum Gasteiger partial charge on any atom is -0.460 e. The average molecular weight is 426 g/mol. The number of benzene rings is 1. The Kier molecular flexibility index (Phi) is 8.69. The quantitative estimate of drug-likeness (QED) is 0.371. The van der Waals surface area contributed by atoms with Gasteiger partial charge in [0.05, 0.1) is 18.2 Å². The number of esters is 1. The van der Waals surface area contributed by atoms with Gasteiger partial charge in [0.15, 0.2) is 5.11 Å². The van der Waals surface area contributed by atoms with Gasteiger partial charge in [0.2, 0.25) is 0 Å². The molecule has 8 heteroatoms. The number of carbonyl (C=O) groups excluding carboxylic acids is 1. The predicted octanol–water partition coefficient (Wildman–Crippen LogP) is 2.99. The lowest BCUT2D eigenvalue weighted by Crippen LogP contribution is -2.48. The van der Waals surface area contributed by atoms with Gasteiger partial charge < -0.3 is 24.6 Å². The number of hydrogen-bond donors (Lipinski definition) is 1. The Morgan fingerprint density at radius 3 is 2.57 bits per heavy atom. The van der Waals surface area contributed by atoms with Crippen LogP contribution in [0.1, 0.15) is 24.9 Å². The number of halogens is 1. The molecule has 154 valence electrons. The van der Waals surface area contributed by atoms with Gasteiger partial charge in [-0.3, -0.25) is 0 Å². The SMILES string of the molecule is COCCOC(=O)C1=C(C)N(CCCN(C)C)C(=S)N[C@@H]1c1ccc(Cl)cc1. The lowest BCUT2D eigenvalue weighted by Gasteiger charge is -2.37. The van der Waals surface area contributed by atoms with Crippen LogP contribution in [-0.4, -0.2) is 68.4 Å². The van der Waals surface area contributed by atoms with E-state index in [1.807, 2.05) is 38.1 Å². The Morgan fingerprint density at radius 1 is 1.29 bits per heavy atom. The Balaban J connectivity index is 2.33. The molecule has 0 bridgehead atoms. The minimum absolute atomic E-state index is 0.199. The van der Waals surface area contributed by atoms with Crippen LogP contribution in [0.4, 0.5) is 0 Å². The maximum absolute atomic E-state index is 12.9. The van der Waals surface area contributed by atoms with Crippen LogP contribution in [0.2, 0.25) is 5.02 Å². The highest BCUT2D eigenvalue weighted by atomic mass is 35.5. The van der Waals surface area contributed by atoms with Crippen LogP contribution < -0.4 is 5.32 Å². The standard InChI is InChI=1S/C20H28ClN3O3S/c1-14-17(19(25)27-13-12-26-4)18(15-6-8-16(21)9-7-15)22-20(28)24(14)11-5-10-23(2)3/h6-9,18H,5,10-13H2,1-4H3,(H,22,28)/t18-/m1/s1. The van der Waals surface area contributed by atoms with Crippen molar-refractivity contribution in [2.24, 2.45) is 0 Å². The fourth-order valence-corrected chi connectivity index (χ4v) is 3.53. The van der Waals surface area contributed by atoms with Crippen LogP contribution in [0.3, 0.4) is 0 Å². The van der Waals surface area contributed by atoms with E-state index in [0.29, 0.717) is 22.3 Å².